The number of aliphatic hydroxyl groups excluding tert-OH is 1. The first kappa shape index (κ1) is 31.0. The summed E-state index contributed by atoms with van der Waals surface area (Å²) in [5.74, 6) is -0.177. The van der Waals surface area contributed by atoms with Gasteiger partial charge in [0.05, 0.1) is 22.5 Å². The van der Waals surface area contributed by atoms with Crippen molar-refractivity contribution in [1.82, 2.24) is 25.8 Å². The second-order valence-electron chi connectivity index (χ2n) is 10.7. The first-order valence-electron chi connectivity index (χ1n) is 14.2. The molecule has 0 bridgehead atoms. The van der Waals surface area contributed by atoms with Gasteiger partial charge >= 0.3 is 12.1 Å². The average molecular weight is 594 g/mol. The van der Waals surface area contributed by atoms with Crippen LogP contribution in [0.1, 0.15) is 35.8 Å². The highest BCUT2D eigenvalue weighted by atomic mass is 32.1. The second kappa shape index (κ2) is 15.9. The molecule has 10 nitrogen and oxygen atoms in total. The van der Waals surface area contributed by atoms with Crippen molar-refractivity contribution in [3.63, 3.8) is 0 Å². The van der Waals surface area contributed by atoms with Gasteiger partial charge in [0.2, 0.25) is 5.91 Å². The number of rotatable bonds is 15. The predicted octanol–water partition coefficient (Wildman–Crippen LogP) is 3.51. The molecule has 1 aliphatic rings. The molecular formula is C31H39N5O5S. The van der Waals surface area contributed by atoms with E-state index in [1.54, 1.807) is 16.6 Å². The largest absolute Gasteiger partial charge is 0.444 e. The Kier molecular flexibility index (Phi) is 11.7. The maximum absolute atomic E-state index is 13.1. The van der Waals surface area contributed by atoms with E-state index in [0.717, 1.165) is 16.0 Å². The summed E-state index contributed by atoms with van der Waals surface area (Å²) >= 11 is 1.39. The quantitative estimate of drug-likeness (QED) is 0.213. The van der Waals surface area contributed by atoms with Gasteiger partial charge in [-0.15, -0.1) is 11.3 Å². The van der Waals surface area contributed by atoms with E-state index < -0.39 is 18.2 Å². The first-order chi connectivity index (χ1) is 20.4. The topological polar surface area (TPSA) is 133 Å². The van der Waals surface area contributed by atoms with Crippen LogP contribution < -0.4 is 16.0 Å². The second-order valence-corrected chi connectivity index (χ2v) is 11.7. The van der Waals surface area contributed by atoms with E-state index in [9.17, 15) is 19.5 Å². The van der Waals surface area contributed by atoms with E-state index >= 15 is 0 Å². The number of urea groups is 1. The van der Waals surface area contributed by atoms with Gasteiger partial charge in [-0.1, -0.05) is 67.6 Å². The van der Waals surface area contributed by atoms with Crippen molar-refractivity contribution < 1.29 is 24.2 Å². The van der Waals surface area contributed by atoms with Gasteiger partial charge in [-0.3, -0.25) is 9.78 Å². The van der Waals surface area contributed by atoms with E-state index in [1.807, 2.05) is 67.6 Å². The van der Waals surface area contributed by atoms with Crippen LogP contribution in [0.2, 0.25) is 0 Å². The highest BCUT2D eigenvalue weighted by molar-refractivity contribution is 7.09. The molecule has 4 N–H and O–H groups in total. The molecule has 42 heavy (non-hydrogen) atoms. The molecule has 1 unspecified atom stereocenters. The van der Waals surface area contributed by atoms with Gasteiger partial charge in [0.1, 0.15) is 6.61 Å². The van der Waals surface area contributed by atoms with E-state index in [2.05, 4.69) is 20.9 Å². The monoisotopic (exact) mass is 593 g/mol. The van der Waals surface area contributed by atoms with Crippen LogP contribution >= 0.6 is 11.3 Å². The first-order valence-corrected chi connectivity index (χ1v) is 15.1. The number of carbonyl (C=O) groups excluding carboxylic acids is 3. The zero-order valence-corrected chi connectivity index (χ0v) is 24.6. The normalized spacial score (nSPS) is 15.8. The number of ether oxygens (including phenoxy) is 1. The Morgan fingerprint density at radius 3 is 2.38 bits per heavy atom. The minimum atomic E-state index is -0.971. The average Bonchev–Trinajstić information content (AvgIpc) is 3.64. The lowest BCUT2D eigenvalue weighted by Crippen LogP contribution is -2.49. The van der Waals surface area contributed by atoms with E-state index in [-0.39, 0.29) is 43.3 Å². The number of carbonyl (C=O) groups is 3. The summed E-state index contributed by atoms with van der Waals surface area (Å²) in [4.78, 5) is 44.3. The number of hydrogen-bond acceptors (Lipinski definition) is 7. The Balaban J connectivity index is 1.41. The summed E-state index contributed by atoms with van der Waals surface area (Å²) < 4.78 is 5.38. The maximum Gasteiger partial charge on any atom is 0.407 e. The molecule has 4 atom stereocenters. The van der Waals surface area contributed by atoms with Crippen LogP contribution in [0.3, 0.4) is 0 Å². The minimum Gasteiger partial charge on any atom is -0.444 e. The van der Waals surface area contributed by atoms with Gasteiger partial charge in [0.15, 0.2) is 0 Å². The van der Waals surface area contributed by atoms with E-state index in [4.69, 9.17) is 4.74 Å². The maximum atomic E-state index is 13.1. The number of hydrogen-bond donors (Lipinski definition) is 4. The third-order valence-electron chi connectivity index (χ3n) is 7.12. The van der Waals surface area contributed by atoms with E-state index in [0.29, 0.717) is 32.5 Å². The summed E-state index contributed by atoms with van der Waals surface area (Å²) in [6.07, 6.45) is 1.41. The minimum absolute atomic E-state index is 0.0306. The van der Waals surface area contributed by atoms with Crippen LogP contribution in [0, 0.1) is 5.92 Å². The van der Waals surface area contributed by atoms with Gasteiger partial charge < -0.3 is 30.7 Å². The van der Waals surface area contributed by atoms with Gasteiger partial charge in [-0.25, -0.2) is 9.59 Å². The standard InChI is InChI=1S/C31H39N5O5S/c1-22(19-36-13-12-33-30(36)39)14-29(38)34-25(15-23-8-4-2-5-9-23)17-28(37)27(16-24-10-6-3-7-11-24)35-31(40)41-20-26-18-32-21-42-26/h2-11,18,21-22,25,27-28,37H,12-17,19-20H2,1H3,(H,33,39)(H,34,38)(H,35,40)/t22?,25-,27-,28-/m0/s1. The Morgan fingerprint density at radius 2 is 1.76 bits per heavy atom. The Labute approximate surface area is 250 Å². The number of benzene rings is 2. The Bertz CT molecular complexity index is 1260. The number of nitrogens with zero attached hydrogens (tertiary/aromatic N) is 2. The third kappa shape index (κ3) is 10.1. The Hall–Kier alpha value is -3.96. The van der Waals surface area contributed by atoms with Crippen LogP contribution in [0.15, 0.2) is 72.4 Å². The molecule has 224 valence electrons. The lowest BCUT2D eigenvalue weighted by atomic mass is 9.93. The fourth-order valence-corrected chi connectivity index (χ4v) is 5.58. The van der Waals surface area contributed by atoms with E-state index in [1.165, 1.54) is 11.3 Å². The van der Waals surface area contributed by atoms with Crippen molar-refractivity contribution in [3.8, 4) is 0 Å². The molecule has 1 fully saturated rings. The molecular weight excluding hydrogens is 554 g/mol. The summed E-state index contributed by atoms with van der Waals surface area (Å²) in [7, 11) is 0. The van der Waals surface area contributed by atoms with Crippen LogP contribution in [0.5, 0.6) is 0 Å². The molecule has 4 amide bonds. The molecule has 0 saturated carbocycles. The van der Waals surface area contributed by atoms with Gasteiger partial charge in [-0.2, -0.15) is 0 Å². The van der Waals surface area contributed by atoms with Crippen molar-refractivity contribution in [2.45, 2.75) is 57.4 Å². The zero-order valence-electron chi connectivity index (χ0n) is 23.8. The lowest BCUT2D eigenvalue weighted by Gasteiger charge is -2.28. The van der Waals surface area contributed by atoms with Crippen LogP contribution in [0.4, 0.5) is 9.59 Å². The molecule has 4 rings (SSSR count). The molecule has 11 heteroatoms. The number of aliphatic hydroxyl groups is 1. The highest BCUT2D eigenvalue weighted by Crippen LogP contribution is 2.16. The number of alkyl carbamates (subject to hydrolysis) is 1. The zero-order chi connectivity index (χ0) is 29.7. The summed E-state index contributed by atoms with van der Waals surface area (Å²) in [6, 6.07) is 18.2. The summed E-state index contributed by atoms with van der Waals surface area (Å²) in [5, 5.41) is 20.2. The molecule has 2 aromatic carbocycles. The fourth-order valence-electron chi connectivity index (χ4n) is 5.07. The number of nitrogens with one attached hydrogen (secondary N) is 3. The molecule has 3 aromatic rings. The third-order valence-corrected chi connectivity index (χ3v) is 7.88. The molecule has 1 saturated heterocycles. The molecule has 2 heterocycles. The van der Waals surface area contributed by atoms with Gasteiger partial charge in [0.25, 0.3) is 0 Å². The smallest absolute Gasteiger partial charge is 0.407 e. The van der Waals surface area contributed by atoms with Crippen molar-refractivity contribution >= 4 is 29.4 Å². The van der Waals surface area contributed by atoms with Crippen molar-refractivity contribution in [2.75, 3.05) is 19.6 Å². The van der Waals surface area contributed by atoms with Crippen LogP contribution in [0.25, 0.3) is 0 Å². The molecule has 0 spiro atoms. The number of amides is 4. The van der Waals surface area contributed by atoms with Crippen molar-refractivity contribution in [3.05, 3.63) is 88.4 Å². The predicted molar refractivity (Wildman–Crippen MR) is 161 cm³/mol. The fraction of sp³-hybridized carbons (Fsp3) is 0.419. The molecule has 1 aliphatic heterocycles. The molecule has 0 aliphatic carbocycles. The number of thiazole rings is 1. The van der Waals surface area contributed by atoms with Gasteiger partial charge in [-0.05, 0) is 36.3 Å². The summed E-state index contributed by atoms with van der Waals surface area (Å²) in [5.41, 5.74) is 3.64. The lowest BCUT2D eigenvalue weighted by molar-refractivity contribution is -0.122. The molecule has 0 radical (unpaired) electrons. The Morgan fingerprint density at radius 1 is 1.07 bits per heavy atom. The van der Waals surface area contributed by atoms with Crippen molar-refractivity contribution in [2.24, 2.45) is 5.92 Å². The molecule has 1 aromatic heterocycles. The number of aromatic nitrogens is 1. The van der Waals surface area contributed by atoms with Crippen LogP contribution in [-0.2, 0) is 29.0 Å². The highest BCUT2D eigenvalue weighted by Gasteiger charge is 2.28. The summed E-state index contributed by atoms with van der Waals surface area (Å²) in [6.45, 7) is 3.79. The van der Waals surface area contributed by atoms with Crippen molar-refractivity contribution in [1.29, 1.82) is 0 Å². The van der Waals surface area contributed by atoms with Gasteiger partial charge in [0, 0.05) is 38.3 Å². The van der Waals surface area contributed by atoms with Crippen LogP contribution in [-0.4, -0.2) is 70.8 Å². The SMILES string of the molecule is CC(CC(=O)N[C@@H](Cc1ccccc1)C[C@H](O)[C@H](Cc1ccccc1)NC(=O)OCc1cncs1)CN1CCNC1=O.